The van der Waals surface area contributed by atoms with Gasteiger partial charge in [0.25, 0.3) is 11.1 Å². The van der Waals surface area contributed by atoms with Gasteiger partial charge in [-0.3, -0.25) is 14.5 Å². The van der Waals surface area contributed by atoms with E-state index in [-0.39, 0.29) is 17.7 Å². The van der Waals surface area contributed by atoms with Gasteiger partial charge in [-0.25, -0.2) is 0 Å². The van der Waals surface area contributed by atoms with E-state index in [1.165, 1.54) is 11.0 Å². The van der Waals surface area contributed by atoms with Gasteiger partial charge >= 0.3 is 0 Å². The van der Waals surface area contributed by atoms with Crippen molar-refractivity contribution in [1.82, 2.24) is 4.90 Å². The number of amides is 2. The number of hydrogen-bond donors (Lipinski definition) is 0. The van der Waals surface area contributed by atoms with Crippen molar-refractivity contribution >= 4 is 40.6 Å². The number of imide groups is 1. The van der Waals surface area contributed by atoms with E-state index in [9.17, 15) is 9.59 Å². The highest BCUT2D eigenvalue weighted by Crippen LogP contribution is 2.32. The van der Waals surface area contributed by atoms with Crippen LogP contribution in [0.5, 0.6) is 5.75 Å². The van der Waals surface area contributed by atoms with Crippen molar-refractivity contribution in [1.29, 1.82) is 0 Å². The largest absolute Gasteiger partial charge is 0.489 e. The summed E-state index contributed by atoms with van der Waals surface area (Å²) >= 11 is 6.80. The first-order valence-corrected chi connectivity index (χ1v) is 9.10. The van der Waals surface area contributed by atoms with Gasteiger partial charge in [-0.15, -0.1) is 6.58 Å². The summed E-state index contributed by atoms with van der Waals surface area (Å²) in [6.45, 7) is 4.22. The molecular weight excluding hydrogens is 370 g/mol. The van der Waals surface area contributed by atoms with Crippen LogP contribution < -0.4 is 4.74 Å². The molecule has 0 bridgehead atoms. The van der Waals surface area contributed by atoms with Gasteiger partial charge < -0.3 is 4.74 Å². The fourth-order valence-electron chi connectivity index (χ4n) is 2.35. The van der Waals surface area contributed by atoms with Crippen molar-refractivity contribution in [3.63, 3.8) is 0 Å². The summed E-state index contributed by atoms with van der Waals surface area (Å²) in [6.07, 6.45) is 3.24. The predicted octanol–water partition coefficient (Wildman–Crippen LogP) is 5.14. The summed E-state index contributed by atoms with van der Waals surface area (Å²) in [5.41, 5.74) is 1.85. The molecule has 1 fully saturated rings. The number of benzene rings is 2. The van der Waals surface area contributed by atoms with Crippen LogP contribution in [-0.4, -0.2) is 22.6 Å². The Kier molecular flexibility index (Phi) is 5.81. The van der Waals surface area contributed by atoms with E-state index in [4.69, 9.17) is 16.3 Å². The van der Waals surface area contributed by atoms with Crippen molar-refractivity contribution in [3.05, 3.63) is 82.2 Å². The van der Waals surface area contributed by atoms with Gasteiger partial charge in [0.1, 0.15) is 12.4 Å². The number of hydrogen-bond acceptors (Lipinski definition) is 4. The van der Waals surface area contributed by atoms with Crippen molar-refractivity contribution in [2.45, 2.75) is 6.61 Å². The highest BCUT2D eigenvalue weighted by Gasteiger charge is 2.33. The molecule has 26 heavy (non-hydrogen) atoms. The van der Waals surface area contributed by atoms with Crippen molar-refractivity contribution < 1.29 is 14.3 Å². The second kappa shape index (κ2) is 8.25. The van der Waals surface area contributed by atoms with Gasteiger partial charge in [-0.05, 0) is 53.2 Å². The lowest BCUT2D eigenvalue weighted by Crippen LogP contribution is -2.27. The zero-order valence-corrected chi connectivity index (χ0v) is 15.4. The van der Waals surface area contributed by atoms with Crippen LogP contribution in [0, 0.1) is 0 Å². The molecule has 0 saturated carbocycles. The van der Waals surface area contributed by atoms with Crippen molar-refractivity contribution in [2.75, 3.05) is 6.54 Å². The number of carbonyl (C=O) groups is 2. The highest BCUT2D eigenvalue weighted by atomic mass is 35.5. The Labute approximate surface area is 161 Å². The van der Waals surface area contributed by atoms with Crippen LogP contribution in [0.1, 0.15) is 11.1 Å². The minimum Gasteiger partial charge on any atom is -0.489 e. The average Bonchev–Trinajstić information content (AvgIpc) is 2.90. The molecule has 6 heteroatoms. The number of thioether (sulfide) groups is 1. The Hall–Kier alpha value is -2.50. The summed E-state index contributed by atoms with van der Waals surface area (Å²) in [5.74, 6) is 0.430. The molecule has 3 rings (SSSR count). The molecule has 132 valence electrons. The highest BCUT2D eigenvalue weighted by molar-refractivity contribution is 8.18. The molecule has 1 heterocycles. The molecule has 1 aliphatic heterocycles. The standard InChI is InChI=1S/C20H16ClNO3S/c1-2-11-22-19(23)18(26-20(22)24)12-14-5-9-17(10-6-14)25-13-15-3-7-16(21)8-4-15/h2-10,12H,1,11,13H2/b18-12+. The Morgan fingerprint density at radius 1 is 1.08 bits per heavy atom. The Morgan fingerprint density at radius 3 is 2.42 bits per heavy atom. The molecule has 0 unspecified atom stereocenters. The van der Waals surface area contributed by atoms with Gasteiger partial charge in [0.15, 0.2) is 0 Å². The molecule has 0 atom stereocenters. The van der Waals surface area contributed by atoms with E-state index in [1.54, 1.807) is 6.08 Å². The zero-order valence-electron chi connectivity index (χ0n) is 13.9. The second-order valence-corrected chi connectivity index (χ2v) is 6.99. The Balaban J connectivity index is 1.64. The van der Waals surface area contributed by atoms with Crippen LogP contribution in [0.2, 0.25) is 5.02 Å². The minimum atomic E-state index is -0.289. The summed E-state index contributed by atoms with van der Waals surface area (Å²) in [4.78, 5) is 25.6. The predicted molar refractivity (Wildman–Crippen MR) is 105 cm³/mol. The summed E-state index contributed by atoms with van der Waals surface area (Å²) in [5, 5.41) is 0.416. The van der Waals surface area contributed by atoms with E-state index in [1.807, 2.05) is 48.5 Å². The molecule has 0 radical (unpaired) electrons. The molecule has 1 aliphatic rings. The topological polar surface area (TPSA) is 46.6 Å². The van der Waals surface area contributed by atoms with Crippen molar-refractivity contribution in [2.24, 2.45) is 0 Å². The zero-order chi connectivity index (χ0) is 18.5. The van der Waals surface area contributed by atoms with Crippen LogP contribution in [0.4, 0.5) is 4.79 Å². The first-order valence-electron chi connectivity index (χ1n) is 7.90. The minimum absolute atomic E-state index is 0.222. The lowest BCUT2D eigenvalue weighted by Gasteiger charge is -2.08. The summed E-state index contributed by atoms with van der Waals surface area (Å²) in [6, 6.07) is 14.8. The number of halogens is 1. The molecule has 2 amide bonds. The van der Waals surface area contributed by atoms with Crippen LogP contribution >= 0.6 is 23.4 Å². The van der Waals surface area contributed by atoms with E-state index >= 15 is 0 Å². The smallest absolute Gasteiger partial charge is 0.293 e. The molecule has 0 spiro atoms. The third-order valence-corrected chi connectivity index (χ3v) is 4.84. The molecule has 2 aromatic rings. The van der Waals surface area contributed by atoms with E-state index in [0.29, 0.717) is 16.5 Å². The first-order chi connectivity index (χ1) is 12.6. The van der Waals surface area contributed by atoms with Crippen LogP contribution in [-0.2, 0) is 11.4 Å². The van der Waals surface area contributed by atoms with Gasteiger partial charge in [0, 0.05) is 11.6 Å². The molecule has 4 nitrogen and oxygen atoms in total. The van der Waals surface area contributed by atoms with E-state index in [2.05, 4.69) is 6.58 Å². The molecule has 0 aliphatic carbocycles. The first kappa shape index (κ1) is 18.3. The van der Waals surface area contributed by atoms with Crippen LogP contribution in [0.25, 0.3) is 6.08 Å². The molecule has 0 aromatic heterocycles. The van der Waals surface area contributed by atoms with Gasteiger partial charge in [0.05, 0.1) is 4.91 Å². The normalized spacial score (nSPS) is 15.6. The molecule has 0 N–H and O–H groups in total. The average molecular weight is 386 g/mol. The Bertz CT molecular complexity index is 860. The maximum absolute atomic E-state index is 12.2. The molecule has 1 saturated heterocycles. The summed E-state index contributed by atoms with van der Waals surface area (Å²) < 4.78 is 5.73. The van der Waals surface area contributed by atoms with Crippen LogP contribution in [0.3, 0.4) is 0 Å². The van der Waals surface area contributed by atoms with Crippen LogP contribution in [0.15, 0.2) is 66.1 Å². The second-order valence-electron chi connectivity index (χ2n) is 5.57. The number of nitrogens with zero attached hydrogens (tertiary/aromatic N) is 1. The number of rotatable bonds is 6. The van der Waals surface area contributed by atoms with Crippen molar-refractivity contribution in [3.8, 4) is 5.75 Å². The SMILES string of the molecule is C=CCN1C(=O)S/C(=C/c2ccc(OCc3ccc(Cl)cc3)cc2)C1=O. The van der Waals surface area contributed by atoms with E-state index < -0.39 is 0 Å². The van der Waals surface area contributed by atoms with Gasteiger partial charge in [-0.1, -0.05) is 41.9 Å². The monoisotopic (exact) mass is 385 g/mol. The third kappa shape index (κ3) is 4.36. The quantitative estimate of drug-likeness (QED) is 0.510. The number of carbonyl (C=O) groups excluding carboxylic acids is 2. The van der Waals surface area contributed by atoms with Gasteiger partial charge in [0.2, 0.25) is 0 Å². The molecular formula is C20H16ClNO3S. The lowest BCUT2D eigenvalue weighted by atomic mass is 10.2. The summed E-state index contributed by atoms with van der Waals surface area (Å²) in [7, 11) is 0. The third-order valence-electron chi connectivity index (χ3n) is 3.68. The van der Waals surface area contributed by atoms with Gasteiger partial charge in [-0.2, -0.15) is 0 Å². The fraction of sp³-hybridized carbons (Fsp3) is 0.100. The fourth-order valence-corrected chi connectivity index (χ4v) is 3.32. The maximum atomic E-state index is 12.2. The lowest BCUT2D eigenvalue weighted by molar-refractivity contribution is -0.122. The molecule has 2 aromatic carbocycles. The van der Waals surface area contributed by atoms with E-state index in [0.717, 1.165) is 28.6 Å². The maximum Gasteiger partial charge on any atom is 0.293 e. The number of ether oxygens (including phenoxy) is 1. The Morgan fingerprint density at radius 2 is 1.77 bits per heavy atom.